The van der Waals surface area contributed by atoms with Gasteiger partial charge in [-0.2, -0.15) is 0 Å². The molecule has 4 atom stereocenters. The smallest absolute Gasteiger partial charge is 0.408 e. The number of nitrogens with one attached hydrogen (secondary N) is 5. The van der Waals surface area contributed by atoms with Crippen molar-refractivity contribution in [3.05, 3.63) is 106 Å². The Hall–Kier alpha value is -6.69. The van der Waals surface area contributed by atoms with E-state index in [1.54, 1.807) is 65.0 Å². The van der Waals surface area contributed by atoms with E-state index in [1.165, 1.54) is 0 Å². The van der Waals surface area contributed by atoms with Gasteiger partial charge < -0.3 is 41.6 Å². The number of hydrogen-bond acceptors (Lipinski definition) is 10. The Kier molecular flexibility index (Phi) is 17.7. The predicted octanol–water partition coefficient (Wildman–Crippen LogP) is 5.82. The van der Waals surface area contributed by atoms with Crippen LogP contribution in [0.3, 0.4) is 0 Å². The first-order valence-electron chi connectivity index (χ1n) is 23.5. The molecule has 70 heavy (non-hydrogen) atoms. The molecule has 4 amide bonds. The zero-order chi connectivity index (χ0) is 51.7. The molecule has 0 aromatic heterocycles. The summed E-state index contributed by atoms with van der Waals surface area (Å²) >= 11 is 0. The molecule has 1 aliphatic rings. The molecule has 0 fully saturated rings. The number of carbonyl (C=O) groups excluding carboxylic acids is 4. The third kappa shape index (κ3) is 14.9. The number of aliphatic carboxylic acids is 1. The van der Waals surface area contributed by atoms with Crippen LogP contribution < -0.4 is 36.5 Å². The number of fused-ring (bicyclic) bond motifs is 2. The van der Waals surface area contributed by atoms with Gasteiger partial charge in [0.05, 0.1) is 4.90 Å². The number of ether oxygens (including phenoxy) is 2. The van der Waals surface area contributed by atoms with E-state index >= 15 is 0 Å². The topological polar surface area (TPSA) is 257 Å². The summed E-state index contributed by atoms with van der Waals surface area (Å²) in [6.45, 7) is 17.8. The molecule has 0 saturated carbocycles. The van der Waals surface area contributed by atoms with Gasteiger partial charge in [-0.3, -0.25) is 19.4 Å². The summed E-state index contributed by atoms with van der Waals surface area (Å²) in [5, 5.41) is 22.8. The van der Waals surface area contributed by atoms with Crippen LogP contribution >= 0.6 is 0 Å². The zero-order valence-electron chi connectivity index (χ0n) is 41.8. The van der Waals surface area contributed by atoms with Gasteiger partial charge in [-0.05, 0) is 119 Å². The van der Waals surface area contributed by atoms with E-state index in [9.17, 15) is 37.5 Å². The number of alkyl carbamates (subject to hydrolysis) is 1. The van der Waals surface area contributed by atoms with E-state index in [4.69, 9.17) is 15.2 Å². The molecule has 0 unspecified atom stereocenters. The van der Waals surface area contributed by atoms with E-state index < -0.39 is 81.1 Å². The standard InChI is InChI=1S/C52H69N7O10S/c1-30(2)25-40(56-47(62)41(58-50(65)69-51(6,7)8)28-35-22-23-36-19-14-15-20-37(36)26-35)46(61)55-39(45(60)57-42(48(63)64)27-34-17-12-11-13-18-34)21-16-24-54-49(53)59-70(66,67)44-32(4)31(3)43-38(33(44)5)29-52(9,10)68-43/h11-15,17-20,22-23,26,30,39-42H,16,21,24-25,27-29H2,1-10H3,(H,55,61)(H,56,62)(H,57,60)(H,58,65)(H,63,64)(H3,53,54,59)/t39-,40-,41-,42-/m0/s1. The molecule has 0 saturated heterocycles. The van der Waals surface area contributed by atoms with Crippen molar-refractivity contribution in [3.63, 3.8) is 0 Å². The Morgan fingerprint density at radius 3 is 2.00 bits per heavy atom. The van der Waals surface area contributed by atoms with Crippen LogP contribution in [0.5, 0.6) is 5.75 Å². The Morgan fingerprint density at radius 2 is 1.36 bits per heavy atom. The summed E-state index contributed by atoms with van der Waals surface area (Å²) in [7, 11) is -4.21. The number of amides is 4. The summed E-state index contributed by atoms with van der Waals surface area (Å²) in [5.74, 6) is -3.39. The molecule has 1 aliphatic heterocycles. The van der Waals surface area contributed by atoms with E-state index in [2.05, 4.69) is 31.0 Å². The lowest BCUT2D eigenvalue weighted by atomic mass is 9.94. The van der Waals surface area contributed by atoms with Gasteiger partial charge in [0.15, 0.2) is 0 Å². The molecular formula is C52H69N7O10S. The molecule has 4 aromatic rings. The molecule has 0 aliphatic carbocycles. The van der Waals surface area contributed by atoms with Crippen molar-refractivity contribution in [2.75, 3.05) is 6.54 Å². The first-order valence-corrected chi connectivity index (χ1v) is 25.0. The number of carboxylic acids is 1. The second-order valence-corrected chi connectivity index (χ2v) is 21.6. The number of guanidine groups is 1. The molecule has 0 bridgehead atoms. The van der Waals surface area contributed by atoms with Crippen molar-refractivity contribution >= 4 is 56.5 Å². The molecule has 18 heteroatoms. The molecule has 17 nitrogen and oxygen atoms in total. The van der Waals surface area contributed by atoms with Crippen LogP contribution in [0, 0.1) is 26.7 Å². The average molecular weight is 984 g/mol. The van der Waals surface area contributed by atoms with E-state index in [-0.39, 0.29) is 49.5 Å². The lowest BCUT2D eigenvalue weighted by Gasteiger charge is -2.27. The molecule has 4 aromatic carbocycles. The van der Waals surface area contributed by atoms with Crippen molar-refractivity contribution < 1.29 is 47.0 Å². The molecule has 1 heterocycles. The average Bonchev–Trinajstić information content (AvgIpc) is 3.60. The van der Waals surface area contributed by atoms with Crippen molar-refractivity contribution in [3.8, 4) is 5.75 Å². The highest BCUT2D eigenvalue weighted by atomic mass is 32.2. The number of nitrogens with zero attached hydrogens (tertiary/aromatic N) is 1. The minimum absolute atomic E-state index is 0.0493. The van der Waals surface area contributed by atoms with Crippen LogP contribution in [0.25, 0.3) is 10.8 Å². The fourth-order valence-electron chi connectivity index (χ4n) is 8.46. The van der Waals surface area contributed by atoms with E-state index in [0.29, 0.717) is 34.4 Å². The van der Waals surface area contributed by atoms with Gasteiger partial charge in [0.25, 0.3) is 10.0 Å². The van der Waals surface area contributed by atoms with Gasteiger partial charge >= 0.3 is 12.1 Å². The van der Waals surface area contributed by atoms with Crippen LogP contribution in [0.1, 0.15) is 101 Å². The zero-order valence-corrected chi connectivity index (χ0v) is 42.6. The SMILES string of the molecule is Cc1c(C)c(S(=O)(=O)NC(N)=NCCC[C@H](NC(=O)[C@H](CC(C)C)NC(=O)[C@H](Cc2ccc3ccccc3c2)NC(=O)OC(C)(C)C)C(=O)N[C@@H](Cc2ccccc2)C(=O)O)c(C)c2c1OC(C)(C)C2. The molecule has 8 N–H and O–H groups in total. The lowest BCUT2D eigenvalue weighted by Crippen LogP contribution is -2.58. The Labute approximate surface area is 411 Å². The second-order valence-electron chi connectivity index (χ2n) is 20.0. The third-order valence-corrected chi connectivity index (χ3v) is 13.5. The first-order chi connectivity index (χ1) is 32.7. The number of aliphatic imine (C=N–C) groups is 1. The maximum absolute atomic E-state index is 14.3. The number of carbonyl (C=O) groups is 5. The van der Waals surface area contributed by atoms with Crippen molar-refractivity contribution in [1.82, 2.24) is 26.0 Å². The van der Waals surface area contributed by atoms with Crippen molar-refractivity contribution in [2.45, 2.75) is 148 Å². The largest absolute Gasteiger partial charge is 0.487 e. The van der Waals surface area contributed by atoms with E-state index in [0.717, 1.165) is 21.9 Å². The summed E-state index contributed by atoms with van der Waals surface area (Å²) < 4.78 is 41.7. The van der Waals surface area contributed by atoms with Crippen LogP contribution in [0.15, 0.2) is 82.7 Å². The number of rotatable bonds is 20. The highest BCUT2D eigenvalue weighted by molar-refractivity contribution is 7.90. The van der Waals surface area contributed by atoms with Gasteiger partial charge in [-0.1, -0.05) is 86.6 Å². The van der Waals surface area contributed by atoms with Crippen molar-refractivity contribution in [1.29, 1.82) is 0 Å². The summed E-state index contributed by atoms with van der Waals surface area (Å²) in [4.78, 5) is 72.5. The van der Waals surface area contributed by atoms with Gasteiger partial charge in [0.1, 0.15) is 41.1 Å². The number of hydrogen-bond donors (Lipinski definition) is 7. The summed E-state index contributed by atoms with van der Waals surface area (Å²) in [6, 6.07) is 17.0. The fourth-order valence-corrected chi connectivity index (χ4v) is 9.99. The molecule has 378 valence electrons. The second kappa shape index (κ2) is 22.8. The van der Waals surface area contributed by atoms with Crippen LogP contribution in [-0.2, 0) is 53.2 Å². The fraction of sp³-hybridized carbons (Fsp3) is 0.462. The quantitative estimate of drug-likeness (QED) is 0.0316. The van der Waals surface area contributed by atoms with E-state index in [1.807, 2.05) is 77.1 Å². The molecule has 0 radical (unpaired) electrons. The maximum Gasteiger partial charge on any atom is 0.408 e. The maximum atomic E-state index is 14.3. The minimum atomic E-state index is -4.21. The Bertz CT molecular complexity index is 2720. The first kappa shape index (κ1) is 54.3. The van der Waals surface area contributed by atoms with Gasteiger partial charge in [0.2, 0.25) is 23.7 Å². The summed E-state index contributed by atoms with van der Waals surface area (Å²) in [6.07, 6.45) is -0.202. The third-order valence-electron chi connectivity index (χ3n) is 11.9. The summed E-state index contributed by atoms with van der Waals surface area (Å²) in [5.41, 5.74) is 8.74. The van der Waals surface area contributed by atoms with Crippen LogP contribution in [-0.4, -0.2) is 91.2 Å². The van der Waals surface area contributed by atoms with Gasteiger partial charge in [-0.15, -0.1) is 0 Å². The minimum Gasteiger partial charge on any atom is -0.487 e. The molecular weight excluding hydrogens is 915 g/mol. The highest BCUT2D eigenvalue weighted by Crippen LogP contribution is 2.43. The Morgan fingerprint density at radius 1 is 0.771 bits per heavy atom. The molecule has 5 rings (SSSR count). The molecule has 0 spiro atoms. The number of sulfonamides is 1. The predicted molar refractivity (Wildman–Crippen MR) is 269 cm³/mol. The van der Waals surface area contributed by atoms with Crippen LogP contribution in [0.4, 0.5) is 4.79 Å². The van der Waals surface area contributed by atoms with Crippen LogP contribution in [0.2, 0.25) is 0 Å². The number of nitrogens with two attached hydrogens (primary N) is 1. The van der Waals surface area contributed by atoms with Gasteiger partial charge in [0, 0.05) is 31.4 Å². The lowest BCUT2D eigenvalue weighted by molar-refractivity contribution is -0.142. The normalized spacial score (nSPS) is 15.2. The number of benzene rings is 4. The highest BCUT2D eigenvalue weighted by Gasteiger charge is 2.37. The van der Waals surface area contributed by atoms with Gasteiger partial charge in [-0.25, -0.2) is 22.7 Å². The van der Waals surface area contributed by atoms with Crippen molar-refractivity contribution in [2.24, 2.45) is 16.6 Å². The number of carboxylic acid groups (broad SMARTS) is 1. The monoisotopic (exact) mass is 983 g/mol. The Balaban J connectivity index is 1.36.